The van der Waals surface area contributed by atoms with Gasteiger partial charge in [0.1, 0.15) is 12.8 Å². The summed E-state index contributed by atoms with van der Waals surface area (Å²) in [6.45, 7) is 1.87. The molecule has 1 aliphatic rings. The van der Waals surface area contributed by atoms with Crippen LogP contribution in [-0.2, 0) is 11.3 Å². The van der Waals surface area contributed by atoms with E-state index in [0.29, 0.717) is 5.56 Å². The van der Waals surface area contributed by atoms with Gasteiger partial charge in [-0.3, -0.25) is 14.7 Å². The summed E-state index contributed by atoms with van der Waals surface area (Å²) in [5.41, 5.74) is 3.08. The highest BCUT2D eigenvalue weighted by molar-refractivity contribution is 5.79. The minimum atomic E-state index is -3.26. The Balaban J connectivity index is 1.63. The predicted octanol–water partition coefficient (Wildman–Crippen LogP) is 3.49. The Hall–Kier alpha value is -2.45. The van der Waals surface area contributed by atoms with Gasteiger partial charge in [-0.1, -0.05) is 36.8 Å². The van der Waals surface area contributed by atoms with E-state index in [0.717, 1.165) is 36.5 Å². The summed E-state index contributed by atoms with van der Waals surface area (Å²) in [7, 11) is 0. The highest BCUT2D eigenvalue weighted by Gasteiger charge is 2.26. The zero-order chi connectivity index (χ0) is 21.5. The summed E-state index contributed by atoms with van der Waals surface area (Å²) in [4.78, 5) is 18.0. The number of likely N-dealkylation sites (tertiary alicyclic amines) is 1. The molecular weight excluding hydrogens is 395 g/mol. The standard InChI is InChI=1S/C22H26F3N3O2/c23-12-19(27-22(30)21(24)25)20(29)16-6-4-15(5-7-16)17-8-9-18(26-13-17)14-28-10-2-1-3-11-28/h4-9,13,19-21,29H,1-3,10-12,14H2,(H,27,30)/t19-,20-/m1/s1. The first-order chi connectivity index (χ1) is 14.5. The van der Waals surface area contributed by atoms with Gasteiger partial charge in [0.05, 0.1) is 11.7 Å². The molecule has 1 fully saturated rings. The number of piperidine rings is 1. The van der Waals surface area contributed by atoms with Crippen LogP contribution in [0.25, 0.3) is 11.1 Å². The van der Waals surface area contributed by atoms with Crippen molar-refractivity contribution in [1.29, 1.82) is 0 Å². The summed E-state index contributed by atoms with van der Waals surface area (Å²) in [6.07, 6.45) is 0.836. The van der Waals surface area contributed by atoms with E-state index >= 15 is 0 Å². The smallest absolute Gasteiger partial charge is 0.315 e. The van der Waals surface area contributed by atoms with Gasteiger partial charge in [0.2, 0.25) is 0 Å². The van der Waals surface area contributed by atoms with Gasteiger partial charge >= 0.3 is 6.43 Å². The maximum atomic E-state index is 13.1. The maximum absolute atomic E-state index is 13.1. The van der Waals surface area contributed by atoms with Crippen LogP contribution in [0.15, 0.2) is 42.6 Å². The summed E-state index contributed by atoms with van der Waals surface area (Å²) in [5, 5.41) is 12.1. The van der Waals surface area contributed by atoms with Crippen molar-refractivity contribution in [2.75, 3.05) is 19.8 Å². The molecule has 162 valence electrons. The first-order valence-electron chi connectivity index (χ1n) is 10.1. The Kier molecular flexibility index (Phi) is 7.81. The van der Waals surface area contributed by atoms with E-state index in [1.54, 1.807) is 30.5 Å². The second-order valence-corrected chi connectivity index (χ2v) is 7.51. The van der Waals surface area contributed by atoms with Gasteiger partial charge in [0.25, 0.3) is 5.91 Å². The largest absolute Gasteiger partial charge is 0.386 e. The molecule has 1 aromatic heterocycles. The van der Waals surface area contributed by atoms with Gasteiger partial charge in [-0.25, -0.2) is 4.39 Å². The fourth-order valence-electron chi connectivity index (χ4n) is 3.59. The van der Waals surface area contributed by atoms with E-state index in [2.05, 4.69) is 9.88 Å². The van der Waals surface area contributed by atoms with E-state index in [1.165, 1.54) is 19.3 Å². The van der Waals surface area contributed by atoms with Crippen LogP contribution in [0.5, 0.6) is 0 Å². The number of hydrogen-bond acceptors (Lipinski definition) is 4. The maximum Gasteiger partial charge on any atom is 0.315 e. The zero-order valence-corrected chi connectivity index (χ0v) is 16.6. The quantitative estimate of drug-likeness (QED) is 0.685. The minimum absolute atomic E-state index is 0.325. The first kappa shape index (κ1) is 22.2. The summed E-state index contributed by atoms with van der Waals surface area (Å²) in [6, 6.07) is 9.18. The Morgan fingerprint density at radius 2 is 1.73 bits per heavy atom. The molecule has 5 nitrogen and oxygen atoms in total. The van der Waals surface area contributed by atoms with E-state index in [9.17, 15) is 23.1 Å². The van der Waals surface area contributed by atoms with Gasteiger partial charge in [0.15, 0.2) is 0 Å². The molecule has 1 aromatic carbocycles. The fourth-order valence-corrected chi connectivity index (χ4v) is 3.59. The van der Waals surface area contributed by atoms with E-state index in [4.69, 9.17) is 0 Å². The van der Waals surface area contributed by atoms with Crippen molar-refractivity contribution in [2.45, 2.75) is 44.4 Å². The molecule has 0 bridgehead atoms. The average molecular weight is 421 g/mol. The number of halogens is 3. The Bertz CT molecular complexity index is 809. The van der Waals surface area contributed by atoms with Crippen LogP contribution in [0, 0.1) is 0 Å². The van der Waals surface area contributed by atoms with Crippen LogP contribution in [-0.4, -0.2) is 53.1 Å². The van der Waals surface area contributed by atoms with Crippen LogP contribution in [0.4, 0.5) is 13.2 Å². The molecule has 2 aromatic rings. The average Bonchev–Trinajstić information content (AvgIpc) is 2.78. The molecule has 1 amide bonds. The van der Waals surface area contributed by atoms with Crippen LogP contribution in [0.3, 0.4) is 0 Å². The highest BCUT2D eigenvalue weighted by atomic mass is 19.3. The normalized spacial score (nSPS) is 17.0. The Labute approximate surface area is 173 Å². The number of aliphatic hydroxyl groups is 1. The molecule has 3 rings (SSSR count). The molecule has 2 heterocycles. The number of rotatable bonds is 8. The third kappa shape index (κ3) is 5.79. The number of carbonyl (C=O) groups is 1. The summed E-state index contributed by atoms with van der Waals surface area (Å²) >= 11 is 0. The molecular formula is C22H26F3N3O2. The van der Waals surface area contributed by atoms with Crippen molar-refractivity contribution in [3.8, 4) is 11.1 Å². The second-order valence-electron chi connectivity index (χ2n) is 7.51. The predicted molar refractivity (Wildman–Crippen MR) is 108 cm³/mol. The number of aliphatic hydroxyl groups excluding tert-OH is 1. The number of nitrogens with one attached hydrogen (secondary N) is 1. The van der Waals surface area contributed by atoms with Gasteiger partial charge in [-0.05, 0) is 43.1 Å². The van der Waals surface area contributed by atoms with Crippen LogP contribution in [0.2, 0.25) is 0 Å². The van der Waals surface area contributed by atoms with Crippen molar-refractivity contribution >= 4 is 5.91 Å². The first-order valence-corrected chi connectivity index (χ1v) is 10.1. The molecule has 0 saturated carbocycles. The lowest BCUT2D eigenvalue weighted by Crippen LogP contribution is -2.43. The number of hydrogen-bond donors (Lipinski definition) is 2. The van der Waals surface area contributed by atoms with E-state index in [-0.39, 0.29) is 0 Å². The number of alkyl halides is 3. The van der Waals surface area contributed by atoms with Crippen LogP contribution in [0.1, 0.15) is 36.6 Å². The van der Waals surface area contributed by atoms with Gasteiger partial charge < -0.3 is 10.4 Å². The van der Waals surface area contributed by atoms with Crippen molar-refractivity contribution in [1.82, 2.24) is 15.2 Å². The van der Waals surface area contributed by atoms with E-state index < -0.39 is 31.2 Å². The molecule has 0 spiro atoms. The molecule has 2 N–H and O–H groups in total. The van der Waals surface area contributed by atoms with Crippen molar-refractivity contribution in [2.24, 2.45) is 0 Å². The third-order valence-electron chi connectivity index (χ3n) is 5.32. The van der Waals surface area contributed by atoms with Gasteiger partial charge in [-0.15, -0.1) is 0 Å². The molecule has 8 heteroatoms. The number of benzene rings is 1. The van der Waals surface area contributed by atoms with Crippen molar-refractivity contribution in [3.63, 3.8) is 0 Å². The molecule has 30 heavy (non-hydrogen) atoms. The van der Waals surface area contributed by atoms with Crippen molar-refractivity contribution in [3.05, 3.63) is 53.9 Å². The Morgan fingerprint density at radius 3 is 2.30 bits per heavy atom. The number of pyridine rings is 1. The number of aromatic nitrogens is 1. The molecule has 0 radical (unpaired) electrons. The minimum Gasteiger partial charge on any atom is -0.386 e. The number of nitrogens with zero attached hydrogens (tertiary/aromatic N) is 2. The number of carbonyl (C=O) groups excluding carboxylic acids is 1. The number of amides is 1. The fraction of sp³-hybridized carbons (Fsp3) is 0.455. The molecule has 0 unspecified atom stereocenters. The second kappa shape index (κ2) is 10.5. The van der Waals surface area contributed by atoms with Crippen molar-refractivity contribution < 1.29 is 23.1 Å². The lowest BCUT2D eigenvalue weighted by molar-refractivity contribution is -0.133. The lowest BCUT2D eigenvalue weighted by atomic mass is 9.99. The molecule has 0 aliphatic carbocycles. The molecule has 2 atom stereocenters. The monoisotopic (exact) mass is 421 g/mol. The van der Waals surface area contributed by atoms with Crippen LogP contribution >= 0.6 is 0 Å². The third-order valence-corrected chi connectivity index (χ3v) is 5.32. The zero-order valence-electron chi connectivity index (χ0n) is 16.6. The van der Waals surface area contributed by atoms with Crippen LogP contribution < -0.4 is 5.32 Å². The van der Waals surface area contributed by atoms with E-state index in [1.807, 2.05) is 17.4 Å². The molecule has 1 aliphatic heterocycles. The lowest BCUT2D eigenvalue weighted by Gasteiger charge is -2.25. The van der Waals surface area contributed by atoms with Gasteiger partial charge in [0, 0.05) is 18.3 Å². The Morgan fingerprint density at radius 1 is 1.07 bits per heavy atom. The summed E-state index contributed by atoms with van der Waals surface area (Å²) in [5.74, 6) is -1.61. The molecule has 1 saturated heterocycles. The highest BCUT2D eigenvalue weighted by Crippen LogP contribution is 2.24. The topological polar surface area (TPSA) is 65.5 Å². The van der Waals surface area contributed by atoms with Gasteiger partial charge in [-0.2, -0.15) is 8.78 Å². The SMILES string of the molecule is O=C(N[C@H](CF)[C@H](O)c1ccc(-c2ccc(CN3CCCCC3)nc2)cc1)C(F)F. The summed E-state index contributed by atoms with van der Waals surface area (Å²) < 4.78 is 37.9.